The van der Waals surface area contributed by atoms with Crippen LogP contribution in [0.15, 0.2) is 42.5 Å². The van der Waals surface area contributed by atoms with Crippen LogP contribution in [0.3, 0.4) is 0 Å². The molecule has 3 aromatic carbocycles. The molecule has 1 saturated heterocycles. The molecule has 0 N–H and O–H groups in total. The number of fused-ring (bicyclic) bond motifs is 1. The van der Waals surface area contributed by atoms with Gasteiger partial charge in [0.25, 0.3) is 17.7 Å². The summed E-state index contributed by atoms with van der Waals surface area (Å²) in [5, 5.41) is -0.798. The first-order valence-electron chi connectivity index (χ1n) is 11.1. The number of hydrogen-bond donors (Lipinski definition) is 0. The average Bonchev–Trinajstić information content (AvgIpc) is 3.13. The van der Waals surface area contributed by atoms with Crippen LogP contribution in [0.25, 0.3) is 0 Å². The van der Waals surface area contributed by atoms with Crippen LogP contribution in [-0.4, -0.2) is 35.3 Å². The normalized spacial score (nSPS) is 18.8. The molecule has 3 amide bonds. The third-order valence-corrected chi connectivity index (χ3v) is 8.24. The van der Waals surface area contributed by atoms with Crippen molar-refractivity contribution in [2.45, 2.75) is 25.9 Å². The molecule has 0 spiro atoms. The van der Waals surface area contributed by atoms with Crippen LogP contribution in [0.2, 0.25) is 20.1 Å². The molecule has 190 valence electrons. The zero-order chi connectivity index (χ0) is 26.8. The summed E-state index contributed by atoms with van der Waals surface area (Å²) in [7, 11) is 0. The molecule has 5 rings (SSSR count). The van der Waals surface area contributed by atoms with Crippen LogP contribution in [0, 0.1) is 12.7 Å². The molecule has 2 heterocycles. The van der Waals surface area contributed by atoms with Gasteiger partial charge in [0, 0.05) is 0 Å². The third-order valence-electron chi connectivity index (χ3n) is 6.44. The minimum absolute atomic E-state index is 0.171. The number of carbonyl (C=O) groups is 3. The smallest absolute Gasteiger partial charge is 0.264 e. The minimum Gasteiger partial charge on any atom is -0.494 e. The molecule has 6 nitrogen and oxygen atoms in total. The first kappa shape index (κ1) is 25.8. The largest absolute Gasteiger partial charge is 0.494 e. The second-order valence-corrected chi connectivity index (χ2v) is 10.0. The fourth-order valence-electron chi connectivity index (χ4n) is 4.71. The highest BCUT2D eigenvalue weighted by atomic mass is 35.5. The molecular formula is C26H17Cl4FN2O4. The fourth-order valence-corrected chi connectivity index (χ4v) is 5.73. The molecule has 1 fully saturated rings. The summed E-state index contributed by atoms with van der Waals surface area (Å²) in [5.41, 5.74) is 1.12. The molecule has 3 aromatic rings. The molecule has 0 aliphatic carbocycles. The van der Waals surface area contributed by atoms with Crippen molar-refractivity contribution in [2.75, 3.05) is 11.5 Å². The number of rotatable bonds is 5. The Kier molecular flexibility index (Phi) is 6.61. The number of nitrogens with zero attached hydrogens (tertiary/aromatic N) is 2. The third kappa shape index (κ3) is 3.87. The van der Waals surface area contributed by atoms with Crippen LogP contribution in [0.1, 0.15) is 44.8 Å². The molecule has 2 atom stereocenters. The van der Waals surface area contributed by atoms with Gasteiger partial charge in [-0.3, -0.25) is 19.3 Å². The molecule has 0 aromatic heterocycles. The van der Waals surface area contributed by atoms with Crippen molar-refractivity contribution < 1.29 is 23.5 Å². The van der Waals surface area contributed by atoms with Crippen molar-refractivity contribution in [1.82, 2.24) is 4.90 Å². The van der Waals surface area contributed by atoms with E-state index in [1.807, 2.05) is 6.92 Å². The number of carbonyl (C=O) groups excluding carboxylic acids is 3. The van der Waals surface area contributed by atoms with Gasteiger partial charge in [-0.15, -0.1) is 0 Å². The molecule has 0 saturated carbocycles. The number of β-lactam (4-membered cyclic amide) rings is 1. The number of aryl methyl sites for hydroxylation is 1. The lowest BCUT2D eigenvalue weighted by molar-refractivity contribution is -0.130. The lowest BCUT2D eigenvalue weighted by atomic mass is 9.85. The first-order chi connectivity index (χ1) is 17.6. The fraction of sp³-hybridized carbons (Fsp3) is 0.192. The molecule has 0 radical (unpaired) electrons. The summed E-state index contributed by atoms with van der Waals surface area (Å²) in [4.78, 5) is 42.8. The number of imide groups is 1. The Morgan fingerprint density at radius 3 is 1.92 bits per heavy atom. The summed E-state index contributed by atoms with van der Waals surface area (Å²) in [6, 6.07) is 8.87. The molecule has 0 bridgehead atoms. The van der Waals surface area contributed by atoms with E-state index in [2.05, 4.69) is 0 Å². The maximum absolute atomic E-state index is 14.2. The number of benzene rings is 3. The van der Waals surface area contributed by atoms with Crippen LogP contribution in [0.4, 0.5) is 10.1 Å². The summed E-state index contributed by atoms with van der Waals surface area (Å²) >= 11 is 24.8. The molecule has 37 heavy (non-hydrogen) atoms. The standard InChI is InChI=1S/C26H17Cl4FN2O4/c1-3-37-14-8-5-12(6-9-14)22-23(26(36)32(22)15-10-13(31)7-4-11(15)2)33-24(34)16-17(25(33)35)19(28)21(30)20(29)18(16)27/h4-10,22-23H,3H2,1-2H3/t22-,23+/m0/s1. The SMILES string of the molecule is CCOc1ccc([C@H]2[C@@H](N3C(=O)c4c(Cl)c(Cl)c(Cl)c(Cl)c4C3=O)C(=O)N2c2cc(F)ccc2C)cc1. The van der Waals surface area contributed by atoms with Gasteiger partial charge >= 0.3 is 0 Å². The summed E-state index contributed by atoms with van der Waals surface area (Å²) in [6.45, 7) is 4.04. The van der Waals surface area contributed by atoms with E-state index in [4.69, 9.17) is 51.1 Å². The second kappa shape index (κ2) is 9.48. The lowest BCUT2D eigenvalue weighted by Gasteiger charge is -2.50. The maximum atomic E-state index is 14.2. The van der Waals surface area contributed by atoms with Gasteiger partial charge in [-0.25, -0.2) is 4.39 Å². The van der Waals surface area contributed by atoms with Crippen LogP contribution < -0.4 is 9.64 Å². The number of halogens is 5. The number of ether oxygens (including phenoxy) is 1. The zero-order valence-corrected chi connectivity index (χ0v) is 22.3. The van der Waals surface area contributed by atoms with Crippen molar-refractivity contribution in [3.63, 3.8) is 0 Å². The second-order valence-electron chi connectivity index (χ2n) is 8.52. The van der Waals surface area contributed by atoms with Crippen LogP contribution in [0.5, 0.6) is 5.75 Å². The Balaban J connectivity index is 1.63. The highest BCUT2D eigenvalue weighted by Gasteiger charge is 2.58. The molecule has 0 unspecified atom stereocenters. The van der Waals surface area contributed by atoms with E-state index in [1.54, 1.807) is 37.3 Å². The van der Waals surface area contributed by atoms with Crippen molar-refractivity contribution >= 4 is 69.8 Å². The van der Waals surface area contributed by atoms with Gasteiger partial charge in [-0.05, 0) is 49.2 Å². The number of hydrogen-bond acceptors (Lipinski definition) is 4. The first-order valence-corrected chi connectivity index (χ1v) is 12.6. The highest BCUT2D eigenvalue weighted by Crippen LogP contribution is 2.49. The van der Waals surface area contributed by atoms with Gasteiger partial charge in [0.05, 0.1) is 49.6 Å². The minimum atomic E-state index is -1.25. The van der Waals surface area contributed by atoms with Crippen molar-refractivity contribution in [2.24, 2.45) is 0 Å². The maximum Gasteiger partial charge on any atom is 0.264 e. The topological polar surface area (TPSA) is 66.9 Å². The van der Waals surface area contributed by atoms with Gasteiger partial charge in [-0.1, -0.05) is 64.6 Å². The zero-order valence-electron chi connectivity index (χ0n) is 19.3. The van der Waals surface area contributed by atoms with E-state index in [1.165, 1.54) is 17.0 Å². The monoisotopic (exact) mass is 580 g/mol. The van der Waals surface area contributed by atoms with E-state index in [9.17, 15) is 18.8 Å². The number of anilines is 1. The lowest BCUT2D eigenvalue weighted by Crippen LogP contribution is -2.67. The Labute approximate surface area is 231 Å². The quantitative estimate of drug-likeness (QED) is 0.142. The highest BCUT2D eigenvalue weighted by molar-refractivity contribution is 6.55. The molecule has 11 heteroatoms. The predicted octanol–water partition coefficient (Wildman–Crippen LogP) is 6.90. The van der Waals surface area contributed by atoms with E-state index >= 15 is 0 Å². The number of amides is 3. The van der Waals surface area contributed by atoms with E-state index in [0.29, 0.717) is 29.2 Å². The van der Waals surface area contributed by atoms with Gasteiger partial charge in [0.1, 0.15) is 17.6 Å². The van der Waals surface area contributed by atoms with Gasteiger partial charge in [0.15, 0.2) is 0 Å². The Bertz CT molecular complexity index is 1450. The Morgan fingerprint density at radius 2 is 1.38 bits per heavy atom. The van der Waals surface area contributed by atoms with Gasteiger partial charge in [-0.2, -0.15) is 0 Å². The molecule has 2 aliphatic rings. The van der Waals surface area contributed by atoms with Crippen molar-refractivity contribution in [1.29, 1.82) is 0 Å². The molecule has 2 aliphatic heterocycles. The summed E-state index contributed by atoms with van der Waals surface area (Å²) < 4.78 is 19.7. The van der Waals surface area contributed by atoms with Gasteiger partial charge in [0.2, 0.25) is 0 Å². The van der Waals surface area contributed by atoms with E-state index in [-0.39, 0.29) is 31.2 Å². The van der Waals surface area contributed by atoms with Crippen molar-refractivity contribution in [3.05, 3.63) is 90.6 Å². The van der Waals surface area contributed by atoms with Gasteiger partial charge < -0.3 is 9.64 Å². The average molecular weight is 582 g/mol. The van der Waals surface area contributed by atoms with Crippen LogP contribution >= 0.6 is 46.4 Å². The molecular weight excluding hydrogens is 565 g/mol. The predicted molar refractivity (Wildman–Crippen MR) is 140 cm³/mol. The van der Waals surface area contributed by atoms with E-state index < -0.39 is 35.6 Å². The van der Waals surface area contributed by atoms with E-state index in [0.717, 1.165) is 4.90 Å². The summed E-state index contributed by atoms with van der Waals surface area (Å²) in [6.07, 6.45) is 0. The Morgan fingerprint density at radius 1 is 0.811 bits per heavy atom. The van der Waals surface area contributed by atoms with Crippen LogP contribution in [-0.2, 0) is 4.79 Å². The summed E-state index contributed by atoms with van der Waals surface area (Å²) in [5.74, 6) is -2.16. The Hall–Kier alpha value is -2.84. The van der Waals surface area contributed by atoms with Crippen molar-refractivity contribution in [3.8, 4) is 5.75 Å².